The monoisotopic (exact) mass is 427 g/mol. The van der Waals surface area contributed by atoms with Gasteiger partial charge < -0.3 is 0 Å². The number of nitrogens with zero attached hydrogens (tertiary/aromatic N) is 1. The molecule has 0 amide bonds. The second-order valence-corrected chi connectivity index (χ2v) is 8.22. The number of halogens is 3. The molecule has 1 heterocycles. The van der Waals surface area contributed by atoms with Gasteiger partial charge in [0, 0.05) is 23.3 Å². The number of hydrogen-bond donors (Lipinski definition) is 0. The van der Waals surface area contributed by atoms with Gasteiger partial charge in [-0.15, -0.1) is 0 Å². The summed E-state index contributed by atoms with van der Waals surface area (Å²) in [6.45, 7) is 1.87. The van der Waals surface area contributed by atoms with Gasteiger partial charge in [-0.05, 0) is 42.3 Å². The SMILES string of the molecule is Cc1ccc(S(=O)(=O)n2cc(CC(F)F)c3cc(CBr)ccc32)cc1. The molecular formula is C18H16BrF2NO2S. The lowest BCUT2D eigenvalue weighted by atomic mass is 10.1. The molecule has 0 fully saturated rings. The van der Waals surface area contributed by atoms with Crippen molar-refractivity contribution in [2.45, 2.75) is 30.0 Å². The Morgan fingerprint density at radius 1 is 1.12 bits per heavy atom. The van der Waals surface area contributed by atoms with Gasteiger partial charge in [0.1, 0.15) is 0 Å². The molecule has 132 valence electrons. The van der Waals surface area contributed by atoms with Crippen LogP contribution in [-0.4, -0.2) is 18.8 Å². The third kappa shape index (κ3) is 3.48. The van der Waals surface area contributed by atoms with Crippen molar-refractivity contribution in [2.24, 2.45) is 0 Å². The molecule has 0 bridgehead atoms. The maximum atomic E-state index is 13.0. The molecule has 0 aliphatic carbocycles. The Balaban J connectivity index is 2.23. The number of benzene rings is 2. The molecule has 3 rings (SSSR count). The first kappa shape index (κ1) is 18.1. The largest absolute Gasteiger partial charge is 0.268 e. The second kappa shape index (κ2) is 6.88. The summed E-state index contributed by atoms with van der Waals surface area (Å²) in [7, 11) is -3.86. The third-order valence-electron chi connectivity index (χ3n) is 4.02. The molecule has 2 aromatic carbocycles. The maximum absolute atomic E-state index is 13.0. The summed E-state index contributed by atoms with van der Waals surface area (Å²) >= 11 is 3.34. The fourth-order valence-electron chi connectivity index (χ4n) is 2.75. The molecule has 25 heavy (non-hydrogen) atoms. The van der Waals surface area contributed by atoms with E-state index in [-0.39, 0.29) is 4.90 Å². The van der Waals surface area contributed by atoms with Crippen LogP contribution in [0.25, 0.3) is 10.9 Å². The molecule has 1 aromatic heterocycles. The van der Waals surface area contributed by atoms with Crippen LogP contribution in [0.2, 0.25) is 0 Å². The predicted molar refractivity (Wildman–Crippen MR) is 98.0 cm³/mol. The van der Waals surface area contributed by atoms with Crippen LogP contribution < -0.4 is 0 Å². The topological polar surface area (TPSA) is 39.1 Å². The fourth-order valence-corrected chi connectivity index (χ4v) is 4.49. The van der Waals surface area contributed by atoms with E-state index in [2.05, 4.69) is 15.9 Å². The molecule has 0 radical (unpaired) electrons. The van der Waals surface area contributed by atoms with Gasteiger partial charge >= 0.3 is 0 Å². The van der Waals surface area contributed by atoms with E-state index in [0.29, 0.717) is 21.8 Å². The first-order valence-electron chi connectivity index (χ1n) is 7.62. The van der Waals surface area contributed by atoms with Gasteiger partial charge in [0.25, 0.3) is 10.0 Å². The lowest BCUT2D eigenvalue weighted by Gasteiger charge is -2.08. The number of rotatable bonds is 5. The van der Waals surface area contributed by atoms with E-state index in [9.17, 15) is 17.2 Å². The Hall–Kier alpha value is -1.73. The van der Waals surface area contributed by atoms with Gasteiger partial charge in [0.2, 0.25) is 6.43 Å². The molecule has 0 spiro atoms. The quantitative estimate of drug-likeness (QED) is 0.543. The van der Waals surface area contributed by atoms with Gasteiger partial charge in [-0.3, -0.25) is 0 Å². The molecule has 0 saturated heterocycles. The summed E-state index contributed by atoms with van der Waals surface area (Å²) in [5.74, 6) is 0. The van der Waals surface area contributed by atoms with E-state index in [1.807, 2.05) is 6.92 Å². The van der Waals surface area contributed by atoms with Crippen molar-refractivity contribution < 1.29 is 17.2 Å². The van der Waals surface area contributed by atoms with Crippen LogP contribution >= 0.6 is 15.9 Å². The zero-order valence-electron chi connectivity index (χ0n) is 13.4. The molecular weight excluding hydrogens is 412 g/mol. The standard InChI is InChI=1S/C18H16BrF2NO2S/c1-12-2-5-15(6-3-12)25(23,24)22-11-14(9-18(20)21)16-8-13(10-19)4-7-17(16)22/h2-8,11,18H,9-10H2,1H3. The van der Waals surface area contributed by atoms with E-state index in [1.54, 1.807) is 30.3 Å². The number of fused-ring (bicyclic) bond motifs is 1. The second-order valence-electron chi connectivity index (χ2n) is 5.85. The molecule has 7 heteroatoms. The van der Waals surface area contributed by atoms with Crippen LogP contribution in [0.3, 0.4) is 0 Å². The average Bonchev–Trinajstić information content (AvgIpc) is 2.93. The third-order valence-corrected chi connectivity index (χ3v) is 6.36. The number of aromatic nitrogens is 1. The Morgan fingerprint density at radius 3 is 2.40 bits per heavy atom. The highest BCUT2D eigenvalue weighted by molar-refractivity contribution is 9.08. The zero-order chi connectivity index (χ0) is 18.2. The van der Waals surface area contributed by atoms with Crippen LogP contribution in [0, 0.1) is 6.92 Å². The summed E-state index contributed by atoms with van der Waals surface area (Å²) in [5, 5.41) is 1.10. The first-order valence-corrected chi connectivity index (χ1v) is 10.2. The fraction of sp³-hybridized carbons (Fsp3) is 0.222. The summed E-state index contributed by atoms with van der Waals surface area (Å²) in [6, 6.07) is 11.7. The lowest BCUT2D eigenvalue weighted by molar-refractivity contribution is 0.149. The van der Waals surface area contributed by atoms with Gasteiger partial charge in [0.15, 0.2) is 0 Å². The molecule has 0 N–H and O–H groups in total. The van der Waals surface area contributed by atoms with Crippen LogP contribution in [0.4, 0.5) is 8.78 Å². The van der Waals surface area contributed by atoms with Crippen molar-refractivity contribution in [1.82, 2.24) is 3.97 Å². The smallest absolute Gasteiger partial charge is 0.241 e. The number of alkyl halides is 3. The van der Waals surface area contributed by atoms with Crippen LogP contribution in [0.5, 0.6) is 0 Å². The van der Waals surface area contributed by atoms with Crippen molar-refractivity contribution in [2.75, 3.05) is 0 Å². The van der Waals surface area contributed by atoms with E-state index in [0.717, 1.165) is 15.1 Å². The van der Waals surface area contributed by atoms with Crippen LogP contribution in [0.15, 0.2) is 53.6 Å². The van der Waals surface area contributed by atoms with E-state index in [4.69, 9.17) is 0 Å². The van der Waals surface area contributed by atoms with Crippen LogP contribution in [0.1, 0.15) is 16.7 Å². The molecule has 0 atom stereocenters. The maximum Gasteiger partial charge on any atom is 0.268 e. The van der Waals surface area contributed by atoms with Crippen molar-refractivity contribution in [3.8, 4) is 0 Å². The van der Waals surface area contributed by atoms with E-state index in [1.165, 1.54) is 18.3 Å². The summed E-state index contributed by atoms with van der Waals surface area (Å²) < 4.78 is 52.9. The Kier molecular flexibility index (Phi) is 4.97. The van der Waals surface area contributed by atoms with Crippen molar-refractivity contribution in [1.29, 1.82) is 0 Å². The normalized spacial score (nSPS) is 12.2. The molecule has 3 aromatic rings. The zero-order valence-corrected chi connectivity index (χ0v) is 15.8. The van der Waals surface area contributed by atoms with Crippen LogP contribution in [-0.2, 0) is 21.8 Å². The van der Waals surface area contributed by atoms with Gasteiger partial charge in [0.05, 0.1) is 10.4 Å². The molecule has 0 aliphatic heterocycles. The molecule has 0 unspecified atom stereocenters. The number of aryl methyl sites for hydroxylation is 1. The average molecular weight is 428 g/mol. The van der Waals surface area contributed by atoms with Crippen molar-refractivity contribution in [3.63, 3.8) is 0 Å². The summed E-state index contributed by atoms with van der Waals surface area (Å²) in [6.07, 6.45) is -1.73. The molecule has 0 saturated carbocycles. The summed E-state index contributed by atoms with van der Waals surface area (Å²) in [4.78, 5) is 0.128. The first-order chi connectivity index (χ1) is 11.8. The van der Waals surface area contributed by atoms with Gasteiger partial charge in [-0.1, -0.05) is 39.7 Å². The van der Waals surface area contributed by atoms with E-state index < -0.39 is 22.9 Å². The highest BCUT2D eigenvalue weighted by Crippen LogP contribution is 2.29. The van der Waals surface area contributed by atoms with Crippen molar-refractivity contribution >= 4 is 36.9 Å². The lowest BCUT2D eigenvalue weighted by Crippen LogP contribution is -2.12. The van der Waals surface area contributed by atoms with E-state index >= 15 is 0 Å². The van der Waals surface area contributed by atoms with Gasteiger partial charge in [-0.25, -0.2) is 21.2 Å². The summed E-state index contributed by atoms with van der Waals surface area (Å²) in [5.41, 5.74) is 2.56. The predicted octanol–water partition coefficient (Wildman–Crippen LogP) is 4.89. The van der Waals surface area contributed by atoms with Crippen molar-refractivity contribution in [3.05, 3.63) is 65.4 Å². The highest BCUT2D eigenvalue weighted by Gasteiger charge is 2.22. The molecule has 3 nitrogen and oxygen atoms in total. The van der Waals surface area contributed by atoms with Gasteiger partial charge in [-0.2, -0.15) is 0 Å². The minimum Gasteiger partial charge on any atom is -0.241 e. The Morgan fingerprint density at radius 2 is 1.80 bits per heavy atom. The molecule has 0 aliphatic rings. The number of hydrogen-bond acceptors (Lipinski definition) is 2. The minimum atomic E-state index is -3.86. The Labute approximate surface area is 153 Å². The minimum absolute atomic E-state index is 0.128. The highest BCUT2D eigenvalue weighted by atomic mass is 79.9. The Bertz CT molecular complexity index is 1010.